The predicted octanol–water partition coefficient (Wildman–Crippen LogP) is 2.24. The lowest BCUT2D eigenvalue weighted by atomic mass is 9.88. The van der Waals surface area contributed by atoms with Crippen LogP contribution < -0.4 is 10.4 Å². The first kappa shape index (κ1) is 16.2. The van der Waals surface area contributed by atoms with Crippen molar-refractivity contribution in [3.63, 3.8) is 0 Å². The number of carbonyl (C=O) groups is 1. The second kappa shape index (κ2) is 6.09. The minimum absolute atomic E-state index is 0.0168. The number of aromatic nitrogens is 1. The van der Waals surface area contributed by atoms with Crippen LogP contribution in [0.1, 0.15) is 46.8 Å². The van der Waals surface area contributed by atoms with Gasteiger partial charge in [0, 0.05) is 30.9 Å². The summed E-state index contributed by atoms with van der Waals surface area (Å²) in [4.78, 5) is 19.6. The predicted molar refractivity (Wildman–Crippen MR) is 95.2 cm³/mol. The third-order valence-corrected chi connectivity index (χ3v) is 5.41. The molecule has 1 unspecified atom stereocenters. The summed E-state index contributed by atoms with van der Waals surface area (Å²) in [5, 5.41) is 10.9. The summed E-state index contributed by atoms with van der Waals surface area (Å²) in [6, 6.07) is 3.65. The van der Waals surface area contributed by atoms with Crippen molar-refractivity contribution in [2.24, 2.45) is 0 Å². The summed E-state index contributed by atoms with van der Waals surface area (Å²) in [6.45, 7) is 1.55. The van der Waals surface area contributed by atoms with Gasteiger partial charge in [0.15, 0.2) is 5.78 Å². The molecule has 23 heavy (non-hydrogen) atoms. The standard InChI is InChI=1S/C17H19BN2O2S/c1-9(21)10-8-14(20(2)3)12(18)7-11(10)17-19-13-5-4-6-15(22)16(13)23-17/h7-8,15,22H,4-6H2,1-3H3. The summed E-state index contributed by atoms with van der Waals surface area (Å²) >= 11 is 1.47. The fraction of sp³-hybridized carbons (Fsp3) is 0.412. The third kappa shape index (κ3) is 2.93. The second-order valence-electron chi connectivity index (χ2n) is 6.15. The maximum atomic E-state index is 12.1. The molecule has 0 amide bonds. The number of carbonyl (C=O) groups excluding carboxylic acids is 1. The first-order valence-corrected chi connectivity index (χ1v) is 8.50. The number of hydrogen-bond donors (Lipinski definition) is 1. The van der Waals surface area contributed by atoms with Crippen molar-refractivity contribution in [2.75, 3.05) is 19.0 Å². The quantitative estimate of drug-likeness (QED) is 0.694. The van der Waals surface area contributed by atoms with Crippen LogP contribution >= 0.6 is 11.3 Å². The number of nitrogens with zero attached hydrogens (tertiary/aromatic N) is 2. The van der Waals surface area contributed by atoms with Gasteiger partial charge < -0.3 is 10.0 Å². The van der Waals surface area contributed by atoms with Crippen molar-refractivity contribution in [1.29, 1.82) is 0 Å². The van der Waals surface area contributed by atoms with Crippen molar-refractivity contribution in [1.82, 2.24) is 4.98 Å². The molecule has 1 aromatic heterocycles. The molecule has 118 valence electrons. The zero-order chi connectivity index (χ0) is 16.7. The molecular weight excluding hydrogens is 307 g/mol. The van der Waals surface area contributed by atoms with Crippen LogP contribution in [0.25, 0.3) is 10.6 Å². The average molecular weight is 326 g/mol. The molecule has 0 aliphatic heterocycles. The molecule has 2 radical (unpaired) electrons. The van der Waals surface area contributed by atoms with Crippen molar-refractivity contribution in [2.45, 2.75) is 32.3 Å². The van der Waals surface area contributed by atoms with Crippen LogP contribution in [0.3, 0.4) is 0 Å². The Hall–Kier alpha value is -1.66. The van der Waals surface area contributed by atoms with Crippen LogP contribution in [0.4, 0.5) is 5.69 Å². The number of fused-ring (bicyclic) bond motifs is 1. The van der Waals surface area contributed by atoms with Gasteiger partial charge in [-0.25, -0.2) is 4.98 Å². The number of anilines is 1. The van der Waals surface area contributed by atoms with Crippen LogP contribution in [0.5, 0.6) is 0 Å². The Morgan fingerprint density at radius 1 is 1.43 bits per heavy atom. The second-order valence-corrected chi connectivity index (χ2v) is 7.18. The van der Waals surface area contributed by atoms with Crippen molar-refractivity contribution < 1.29 is 9.90 Å². The number of benzene rings is 1. The number of aliphatic hydroxyl groups excluding tert-OH is 1. The molecule has 6 heteroatoms. The third-order valence-electron chi connectivity index (χ3n) is 4.18. The Kier molecular flexibility index (Phi) is 4.30. The fourth-order valence-electron chi connectivity index (χ4n) is 2.97. The van der Waals surface area contributed by atoms with E-state index in [9.17, 15) is 9.90 Å². The Bertz CT molecular complexity index is 770. The van der Waals surface area contributed by atoms with Gasteiger partial charge in [-0.3, -0.25) is 4.79 Å². The molecule has 1 heterocycles. The molecule has 1 aliphatic carbocycles. The van der Waals surface area contributed by atoms with E-state index < -0.39 is 6.10 Å². The highest BCUT2D eigenvalue weighted by molar-refractivity contribution is 7.15. The van der Waals surface area contributed by atoms with Crippen LogP contribution in [-0.4, -0.2) is 37.8 Å². The van der Waals surface area contributed by atoms with E-state index >= 15 is 0 Å². The van der Waals surface area contributed by atoms with Crippen LogP contribution in [0, 0.1) is 0 Å². The van der Waals surface area contributed by atoms with Gasteiger partial charge in [0.05, 0.1) is 16.7 Å². The molecular formula is C17H19BN2O2S. The lowest BCUT2D eigenvalue weighted by Gasteiger charge is -2.18. The molecule has 1 aliphatic rings. The van der Waals surface area contributed by atoms with E-state index in [2.05, 4.69) is 4.98 Å². The molecule has 2 aromatic rings. The highest BCUT2D eigenvalue weighted by atomic mass is 32.1. The lowest BCUT2D eigenvalue weighted by molar-refractivity contribution is 0.101. The SMILES string of the molecule is [B]c1cc(-c2nc3c(s2)C(O)CCC3)c(C(C)=O)cc1N(C)C. The van der Waals surface area contributed by atoms with Gasteiger partial charge in [0.2, 0.25) is 0 Å². The van der Waals surface area contributed by atoms with E-state index in [0.29, 0.717) is 11.0 Å². The number of aliphatic hydroxyl groups is 1. The van der Waals surface area contributed by atoms with E-state index in [1.165, 1.54) is 11.3 Å². The molecule has 0 bridgehead atoms. The van der Waals surface area contributed by atoms with E-state index in [4.69, 9.17) is 7.85 Å². The van der Waals surface area contributed by atoms with E-state index in [0.717, 1.165) is 46.1 Å². The Morgan fingerprint density at radius 2 is 2.17 bits per heavy atom. The number of hydrogen-bond acceptors (Lipinski definition) is 5. The zero-order valence-corrected chi connectivity index (χ0v) is 14.4. The number of aryl methyl sites for hydroxylation is 1. The number of rotatable bonds is 3. The normalized spacial score (nSPS) is 17.0. The Morgan fingerprint density at radius 3 is 2.78 bits per heavy atom. The first-order valence-electron chi connectivity index (χ1n) is 7.68. The monoisotopic (exact) mass is 326 g/mol. The molecule has 0 saturated heterocycles. The lowest BCUT2D eigenvalue weighted by Crippen LogP contribution is -2.20. The first-order chi connectivity index (χ1) is 10.9. The minimum Gasteiger partial charge on any atom is -0.388 e. The number of ketones is 1. The molecule has 3 rings (SSSR count). The number of Topliss-reactive ketones (excluding diaryl/α,β-unsaturated/α-hetero) is 1. The highest BCUT2D eigenvalue weighted by Gasteiger charge is 2.25. The van der Waals surface area contributed by atoms with E-state index in [1.807, 2.05) is 31.1 Å². The van der Waals surface area contributed by atoms with Gasteiger partial charge in [-0.1, -0.05) is 11.5 Å². The Balaban J connectivity index is 2.16. The smallest absolute Gasteiger partial charge is 0.160 e. The Labute approximate surface area is 141 Å². The molecule has 0 saturated carbocycles. The topological polar surface area (TPSA) is 53.4 Å². The van der Waals surface area contributed by atoms with Gasteiger partial charge >= 0.3 is 0 Å². The maximum Gasteiger partial charge on any atom is 0.160 e. The van der Waals surface area contributed by atoms with Gasteiger partial charge in [-0.2, -0.15) is 0 Å². The molecule has 4 nitrogen and oxygen atoms in total. The average Bonchev–Trinajstić information content (AvgIpc) is 2.91. The van der Waals surface area contributed by atoms with Crippen LogP contribution in [0.15, 0.2) is 12.1 Å². The molecule has 1 atom stereocenters. The van der Waals surface area contributed by atoms with Crippen LogP contribution in [0.2, 0.25) is 0 Å². The van der Waals surface area contributed by atoms with Crippen molar-refractivity contribution >= 4 is 36.1 Å². The van der Waals surface area contributed by atoms with Crippen molar-refractivity contribution in [3.05, 3.63) is 28.3 Å². The fourth-order valence-corrected chi connectivity index (χ4v) is 4.14. The summed E-state index contributed by atoms with van der Waals surface area (Å²) in [5.41, 5.74) is 3.76. The summed E-state index contributed by atoms with van der Waals surface area (Å²) in [6.07, 6.45) is 2.15. The summed E-state index contributed by atoms with van der Waals surface area (Å²) in [7, 11) is 9.95. The summed E-state index contributed by atoms with van der Waals surface area (Å²) < 4.78 is 0. The zero-order valence-electron chi connectivity index (χ0n) is 13.6. The number of thiazole rings is 1. The highest BCUT2D eigenvalue weighted by Crippen LogP contribution is 2.39. The maximum absolute atomic E-state index is 12.1. The van der Waals surface area contributed by atoms with Crippen molar-refractivity contribution in [3.8, 4) is 10.6 Å². The van der Waals surface area contributed by atoms with Gasteiger partial charge in [-0.05, 0) is 32.3 Å². The van der Waals surface area contributed by atoms with Crippen LogP contribution in [-0.2, 0) is 6.42 Å². The van der Waals surface area contributed by atoms with Gasteiger partial charge in [0.25, 0.3) is 0 Å². The molecule has 1 N–H and O–H groups in total. The molecule has 0 spiro atoms. The summed E-state index contributed by atoms with van der Waals surface area (Å²) in [5.74, 6) is -0.0168. The van der Waals surface area contributed by atoms with E-state index in [1.54, 1.807) is 6.92 Å². The minimum atomic E-state index is -0.441. The van der Waals surface area contributed by atoms with Gasteiger partial charge in [-0.15, -0.1) is 11.3 Å². The van der Waals surface area contributed by atoms with E-state index in [-0.39, 0.29) is 5.78 Å². The molecule has 0 fully saturated rings. The largest absolute Gasteiger partial charge is 0.388 e. The van der Waals surface area contributed by atoms with Gasteiger partial charge in [0.1, 0.15) is 12.9 Å². The molecule has 1 aromatic carbocycles.